The number of imidazole rings is 1. The van der Waals surface area contributed by atoms with Crippen LogP contribution >= 0.6 is 12.2 Å². The molecule has 1 fully saturated rings. The molecule has 2 heterocycles. The molecule has 2 unspecified atom stereocenters. The van der Waals surface area contributed by atoms with Crippen molar-refractivity contribution in [1.29, 1.82) is 0 Å². The van der Waals surface area contributed by atoms with E-state index in [1.165, 1.54) is 17.5 Å². The minimum absolute atomic E-state index is 0.513. The molecule has 0 saturated carbocycles. The monoisotopic (exact) mass is 275 g/mol. The Hall–Kier alpha value is -1.13. The number of H-pyrrole nitrogens is 1. The van der Waals surface area contributed by atoms with Crippen LogP contribution < -0.4 is 0 Å². The van der Waals surface area contributed by atoms with Gasteiger partial charge in [-0.2, -0.15) is 0 Å². The number of hydrogen-bond acceptors (Lipinski definition) is 2. The number of benzene rings is 1. The lowest BCUT2D eigenvalue weighted by atomic mass is 9.93. The van der Waals surface area contributed by atoms with Crippen LogP contribution in [0.25, 0.3) is 11.0 Å². The van der Waals surface area contributed by atoms with Crippen molar-refractivity contribution in [1.82, 2.24) is 14.5 Å². The van der Waals surface area contributed by atoms with E-state index in [1.54, 1.807) is 0 Å². The molecular formula is C15H21N3S. The van der Waals surface area contributed by atoms with E-state index in [0.717, 1.165) is 23.4 Å². The third kappa shape index (κ3) is 2.13. The fraction of sp³-hybridized carbons (Fsp3) is 0.533. The number of fused-ring (bicyclic) bond motifs is 1. The van der Waals surface area contributed by atoms with Crippen LogP contribution in [0.4, 0.5) is 0 Å². The van der Waals surface area contributed by atoms with Crippen LogP contribution in [0.5, 0.6) is 0 Å². The summed E-state index contributed by atoms with van der Waals surface area (Å²) >= 11 is 5.57. The van der Waals surface area contributed by atoms with E-state index in [4.69, 9.17) is 12.2 Å². The van der Waals surface area contributed by atoms with Crippen molar-refractivity contribution in [3.05, 3.63) is 28.5 Å². The van der Waals surface area contributed by atoms with Gasteiger partial charge in [-0.25, -0.2) is 0 Å². The zero-order valence-corrected chi connectivity index (χ0v) is 12.6. The fourth-order valence-corrected chi connectivity index (χ4v) is 3.73. The van der Waals surface area contributed by atoms with Gasteiger partial charge in [0.05, 0.1) is 11.0 Å². The Labute approximate surface area is 119 Å². The number of aryl methyl sites for hydroxylation is 1. The second-order valence-corrected chi connectivity index (χ2v) is 6.25. The van der Waals surface area contributed by atoms with E-state index >= 15 is 0 Å². The second kappa shape index (κ2) is 4.76. The van der Waals surface area contributed by atoms with E-state index in [9.17, 15) is 0 Å². The molecule has 19 heavy (non-hydrogen) atoms. The van der Waals surface area contributed by atoms with Crippen molar-refractivity contribution in [2.75, 3.05) is 20.1 Å². The largest absolute Gasteiger partial charge is 0.331 e. The summed E-state index contributed by atoms with van der Waals surface area (Å²) in [5, 5.41) is 0. The van der Waals surface area contributed by atoms with Gasteiger partial charge in [-0.1, -0.05) is 19.1 Å². The van der Waals surface area contributed by atoms with Gasteiger partial charge in [-0.15, -0.1) is 0 Å². The van der Waals surface area contributed by atoms with Crippen LogP contribution in [0.2, 0.25) is 0 Å². The average molecular weight is 275 g/mol. The van der Waals surface area contributed by atoms with Crippen molar-refractivity contribution >= 4 is 23.3 Å². The highest BCUT2D eigenvalue weighted by Crippen LogP contribution is 2.32. The Morgan fingerprint density at radius 1 is 1.37 bits per heavy atom. The summed E-state index contributed by atoms with van der Waals surface area (Å²) in [6.45, 7) is 6.79. The molecule has 1 saturated heterocycles. The van der Waals surface area contributed by atoms with Crippen molar-refractivity contribution in [2.45, 2.75) is 26.3 Å². The zero-order valence-electron chi connectivity index (χ0n) is 11.8. The number of nitrogens with one attached hydrogen (secondary N) is 1. The average Bonchev–Trinajstić information content (AvgIpc) is 2.67. The lowest BCUT2D eigenvalue weighted by molar-refractivity contribution is 0.160. The standard InChI is InChI=1S/C15H21N3S/c1-10-5-4-6-12-14(10)18(15(19)16-12)13-7-8-17(3)9-11(13)2/h4-6,11,13H,7-9H2,1-3H3,(H,16,19). The number of nitrogens with zero attached hydrogens (tertiary/aromatic N) is 2. The van der Waals surface area contributed by atoms with Crippen molar-refractivity contribution < 1.29 is 0 Å². The molecule has 2 atom stereocenters. The molecule has 1 aliphatic rings. The fourth-order valence-electron chi connectivity index (χ4n) is 3.40. The first-order chi connectivity index (χ1) is 9.08. The summed E-state index contributed by atoms with van der Waals surface area (Å²) in [5.41, 5.74) is 3.75. The molecule has 102 valence electrons. The minimum Gasteiger partial charge on any atom is -0.331 e. The number of para-hydroxylation sites is 1. The SMILES string of the molecule is Cc1cccc2[nH]c(=S)n(C3CCN(C)CC3C)c12. The summed E-state index contributed by atoms with van der Waals surface area (Å²) in [7, 11) is 2.20. The van der Waals surface area contributed by atoms with Crippen LogP contribution in [-0.2, 0) is 0 Å². The van der Waals surface area contributed by atoms with Crippen molar-refractivity contribution in [3.8, 4) is 0 Å². The minimum atomic E-state index is 0.513. The highest BCUT2D eigenvalue weighted by Gasteiger charge is 2.27. The van der Waals surface area contributed by atoms with E-state index in [0.29, 0.717) is 12.0 Å². The van der Waals surface area contributed by atoms with E-state index in [-0.39, 0.29) is 0 Å². The Bertz CT molecular complexity index is 655. The molecule has 1 N–H and O–H groups in total. The highest BCUT2D eigenvalue weighted by molar-refractivity contribution is 7.71. The van der Waals surface area contributed by atoms with Crippen LogP contribution in [0.15, 0.2) is 18.2 Å². The molecule has 0 amide bonds. The maximum atomic E-state index is 5.57. The first kappa shape index (κ1) is 12.9. The smallest absolute Gasteiger partial charge is 0.178 e. The van der Waals surface area contributed by atoms with Gasteiger partial charge in [0.1, 0.15) is 0 Å². The lowest BCUT2D eigenvalue weighted by Crippen LogP contribution is -2.37. The number of aromatic amines is 1. The first-order valence-electron chi connectivity index (χ1n) is 6.96. The zero-order chi connectivity index (χ0) is 13.6. The number of aromatic nitrogens is 2. The maximum Gasteiger partial charge on any atom is 0.178 e. The molecular weight excluding hydrogens is 254 g/mol. The molecule has 1 aromatic heterocycles. The molecule has 1 aromatic carbocycles. The second-order valence-electron chi connectivity index (χ2n) is 5.87. The van der Waals surface area contributed by atoms with Crippen molar-refractivity contribution in [2.24, 2.45) is 5.92 Å². The quantitative estimate of drug-likeness (QED) is 0.805. The molecule has 0 aliphatic carbocycles. The summed E-state index contributed by atoms with van der Waals surface area (Å²) < 4.78 is 3.23. The topological polar surface area (TPSA) is 24.0 Å². The van der Waals surface area contributed by atoms with Gasteiger partial charge in [-0.05, 0) is 56.7 Å². The number of likely N-dealkylation sites (tertiary alicyclic amines) is 1. The van der Waals surface area contributed by atoms with Gasteiger partial charge >= 0.3 is 0 Å². The molecule has 3 nitrogen and oxygen atoms in total. The predicted molar refractivity (Wildman–Crippen MR) is 82.2 cm³/mol. The Kier molecular flexibility index (Phi) is 3.23. The number of piperidine rings is 1. The number of rotatable bonds is 1. The third-order valence-corrected chi connectivity index (χ3v) is 4.63. The van der Waals surface area contributed by atoms with Crippen LogP contribution in [0.1, 0.15) is 24.9 Å². The molecule has 0 spiro atoms. The molecule has 0 bridgehead atoms. The Morgan fingerprint density at radius 2 is 2.16 bits per heavy atom. The summed E-state index contributed by atoms with van der Waals surface area (Å²) in [5.74, 6) is 0.629. The predicted octanol–water partition coefficient (Wildman–Crippen LogP) is 3.52. The summed E-state index contributed by atoms with van der Waals surface area (Å²) in [6, 6.07) is 6.89. The Balaban J connectivity index is 2.15. The first-order valence-corrected chi connectivity index (χ1v) is 7.37. The summed E-state index contributed by atoms with van der Waals surface area (Å²) in [6.07, 6.45) is 1.17. The van der Waals surface area contributed by atoms with Gasteiger partial charge in [0.25, 0.3) is 0 Å². The van der Waals surface area contributed by atoms with E-state index in [1.807, 2.05) is 0 Å². The molecule has 0 radical (unpaired) electrons. The molecule has 1 aliphatic heterocycles. The van der Waals surface area contributed by atoms with Crippen LogP contribution in [0, 0.1) is 17.6 Å². The van der Waals surface area contributed by atoms with Gasteiger partial charge in [0.15, 0.2) is 4.77 Å². The maximum absolute atomic E-state index is 5.57. The van der Waals surface area contributed by atoms with Gasteiger partial charge in [-0.3, -0.25) is 0 Å². The Morgan fingerprint density at radius 3 is 2.89 bits per heavy atom. The summed E-state index contributed by atoms with van der Waals surface area (Å²) in [4.78, 5) is 5.77. The van der Waals surface area contributed by atoms with E-state index < -0.39 is 0 Å². The van der Waals surface area contributed by atoms with Crippen molar-refractivity contribution in [3.63, 3.8) is 0 Å². The number of hydrogen-bond donors (Lipinski definition) is 1. The van der Waals surface area contributed by atoms with Gasteiger partial charge < -0.3 is 14.5 Å². The molecule has 3 rings (SSSR count). The normalized spacial score (nSPS) is 25.0. The molecule has 2 aromatic rings. The van der Waals surface area contributed by atoms with Crippen LogP contribution in [0.3, 0.4) is 0 Å². The van der Waals surface area contributed by atoms with E-state index in [2.05, 4.69) is 53.5 Å². The molecule has 4 heteroatoms. The highest BCUT2D eigenvalue weighted by atomic mass is 32.1. The van der Waals surface area contributed by atoms with Gasteiger partial charge in [0.2, 0.25) is 0 Å². The van der Waals surface area contributed by atoms with Crippen LogP contribution in [-0.4, -0.2) is 34.6 Å². The lowest BCUT2D eigenvalue weighted by Gasteiger charge is -2.36. The van der Waals surface area contributed by atoms with Gasteiger partial charge in [0, 0.05) is 12.6 Å². The third-order valence-electron chi connectivity index (χ3n) is 4.33.